The third kappa shape index (κ3) is 3.51. The van der Waals surface area contributed by atoms with Crippen LogP contribution in [-0.2, 0) is 0 Å². The second-order valence-electron chi connectivity index (χ2n) is 4.48. The zero-order chi connectivity index (χ0) is 14.5. The van der Waals surface area contributed by atoms with Gasteiger partial charge in [-0.05, 0) is 25.0 Å². The molecule has 0 spiro atoms. The van der Waals surface area contributed by atoms with Crippen LogP contribution in [0, 0.1) is 6.92 Å². The number of benzene rings is 1. The van der Waals surface area contributed by atoms with Crippen molar-refractivity contribution < 1.29 is 0 Å². The minimum Gasteiger partial charge on any atom is -0.370 e. The minimum absolute atomic E-state index is 0.221. The maximum Gasteiger partial charge on any atom is 0.223 e. The van der Waals surface area contributed by atoms with Crippen molar-refractivity contribution in [1.82, 2.24) is 9.97 Å². The molecule has 1 aromatic carbocycles. The Morgan fingerprint density at radius 1 is 1.25 bits per heavy atom. The maximum absolute atomic E-state index is 6.19. The molecule has 106 valence electrons. The molecule has 2 aromatic rings. The Balaban J connectivity index is 2.27. The first-order valence-electron chi connectivity index (χ1n) is 6.50. The number of nitrogens with one attached hydrogen (secondary N) is 2. The van der Waals surface area contributed by atoms with Crippen LogP contribution in [0.1, 0.15) is 18.9 Å². The zero-order valence-corrected chi connectivity index (χ0v) is 12.3. The van der Waals surface area contributed by atoms with Gasteiger partial charge in [0.25, 0.3) is 0 Å². The maximum atomic E-state index is 6.19. The SMILES string of the molecule is CCCNc1cc(Nc2c(C)cccc2Cl)nc(N)n1. The predicted octanol–water partition coefficient (Wildman–Crippen LogP) is 3.59. The number of nitrogen functional groups attached to an aromatic ring is 1. The van der Waals surface area contributed by atoms with Crippen molar-refractivity contribution in [2.75, 3.05) is 22.9 Å². The molecule has 5 nitrogen and oxygen atoms in total. The first kappa shape index (κ1) is 14.4. The average Bonchev–Trinajstić information content (AvgIpc) is 2.40. The van der Waals surface area contributed by atoms with Crippen LogP contribution in [0.25, 0.3) is 0 Å². The normalized spacial score (nSPS) is 10.3. The minimum atomic E-state index is 0.221. The van der Waals surface area contributed by atoms with Gasteiger partial charge in [0.05, 0.1) is 10.7 Å². The standard InChI is InChI=1S/C14H18ClN5/c1-3-7-17-11-8-12(20-14(16)19-11)18-13-9(2)5-4-6-10(13)15/h4-6,8H,3,7H2,1-2H3,(H4,16,17,18,19,20). The Kier molecular flexibility index (Phi) is 4.63. The fourth-order valence-corrected chi connectivity index (χ4v) is 2.06. The van der Waals surface area contributed by atoms with Crippen LogP contribution in [0.4, 0.5) is 23.3 Å². The molecule has 1 heterocycles. The van der Waals surface area contributed by atoms with Gasteiger partial charge in [-0.15, -0.1) is 0 Å². The summed E-state index contributed by atoms with van der Waals surface area (Å²) in [6.45, 7) is 4.90. The predicted molar refractivity (Wildman–Crippen MR) is 84.7 cm³/mol. The van der Waals surface area contributed by atoms with Gasteiger partial charge in [0.2, 0.25) is 5.95 Å². The molecule has 0 aliphatic carbocycles. The summed E-state index contributed by atoms with van der Waals surface area (Å²) in [6.07, 6.45) is 1.01. The Bertz CT molecular complexity index is 580. The Hall–Kier alpha value is -2.01. The highest BCUT2D eigenvalue weighted by Gasteiger charge is 2.07. The van der Waals surface area contributed by atoms with Crippen LogP contribution < -0.4 is 16.4 Å². The van der Waals surface area contributed by atoms with Crippen molar-refractivity contribution in [2.24, 2.45) is 0 Å². The van der Waals surface area contributed by atoms with Gasteiger partial charge in [-0.25, -0.2) is 0 Å². The summed E-state index contributed by atoms with van der Waals surface area (Å²) >= 11 is 6.19. The Labute approximate surface area is 123 Å². The second kappa shape index (κ2) is 6.43. The quantitative estimate of drug-likeness (QED) is 0.785. The van der Waals surface area contributed by atoms with E-state index < -0.39 is 0 Å². The summed E-state index contributed by atoms with van der Waals surface area (Å²) in [5, 5.41) is 7.03. The molecule has 2 rings (SSSR count). The average molecular weight is 292 g/mol. The highest BCUT2D eigenvalue weighted by molar-refractivity contribution is 6.33. The van der Waals surface area contributed by atoms with Gasteiger partial charge >= 0.3 is 0 Å². The van der Waals surface area contributed by atoms with E-state index in [1.54, 1.807) is 0 Å². The van der Waals surface area contributed by atoms with E-state index in [2.05, 4.69) is 27.5 Å². The largest absolute Gasteiger partial charge is 0.370 e. The summed E-state index contributed by atoms with van der Waals surface area (Å²) in [5.74, 6) is 1.54. The molecule has 0 radical (unpaired) electrons. The molecule has 0 bridgehead atoms. The number of hydrogen-bond donors (Lipinski definition) is 3. The van der Waals surface area contributed by atoms with Crippen LogP contribution in [0.2, 0.25) is 5.02 Å². The molecule has 0 saturated heterocycles. The van der Waals surface area contributed by atoms with E-state index >= 15 is 0 Å². The van der Waals surface area contributed by atoms with Crippen LogP contribution in [0.5, 0.6) is 0 Å². The van der Waals surface area contributed by atoms with Gasteiger partial charge in [-0.3, -0.25) is 0 Å². The molecule has 0 aliphatic heterocycles. The van der Waals surface area contributed by atoms with E-state index in [0.29, 0.717) is 16.7 Å². The van der Waals surface area contributed by atoms with E-state index in [4.69, 9.17) is 17.3 Å². The van der Waals surface area contributed by atoms with Crippen molar-refractivity contribution in [1.29, 1.82) is 0 Å². The van der Waals surface area contributed by atoms with Gasteiger partial charge < -0.3 is 16.4 Å². The summed E-state index contributed by atoms with van der Waals surface area (Å²) < 4.78 is 0. The Morgan fingerprint density at radius 3 is 2.70 bits per heavy atom. The molecule has 4 N–H and O–H groups in total. The molecule has 0 unspecified atom stereocenters. The van der Waals surface area contributed by atoms with Crippen molar-refractivity contribution in [2.45, 2.75) is 20.3 Å². The number of aromatic nitrogens is 2. The highest BCUT2D eigenvalue weighted by atomic mass is 35.5. The van der Waals surface area contributed by atoms with Gasteiger partial charge in [0, 0.05) is 12.6 Å². The molecular formula is C14H18ClN5. The summed E-state index contributed by atoms with van der Waals surface area (Å²) in [4.78, 5) is 8.32. The lowest BCUT2D eigenvalue weighted by Gasteiger charge is -2.12. The lowest BCUT2D eigenvalue weighted by atomic mass is 10.2. The number of para-hydroxylation sites is 1. The zero-order valence-electron chi connectivity index (χ0n) is 11.6. The number of anilines is 4. The topological polar surface area (TPSA) is 75.9 Å². The number of halogens is 1. The number of nitrogens with zero attached hydrogens (tertiary/aromatic N) is 2. The molecule has 6 heteroatoms. The van der Waals surface area contributed by atoms with E-state index in [1.165, 1.54) is 0 Å². The van der Waals surface area contributed by atoms with Crippen molar-refractivity contribution in [3.05, 3.63) is 34.9 Å². The molecule has 0 amide bonds. The summed E-state index contributed by atoms with van der Waals surface area (Å²) in [6, 6.07) is 7.53. The third-order valence-corrected chi connectivity index (χ3v) is 3.09. The van der Waals surface area contributed by atoms with Gasteiger partial charge in [-0.2, -0.15) is 9.97 Å². The fraction of sp³-hybridized carbons (Fsp3) is 0.286. The summed E-state index contributed by atoms with van der Waals surface area (Å²) in [5.41, 5.74) is 7.59. The summed E-state index contributed by atoms with van der Waals surface area (Å²) in [7, 11) is 0. The lowest BCUT2D eigenvalue weighted by Crippen LogP contribution is -2.07. The monoisotopic (exact) mass is 291 g/mol. The van der Waals surface area contributed by atoms with Crippen molar-refractivity contribution in [3.63, 3.8) is 0 Å². The molecule has 0 fully saturated rings. The first-order chi connectivity index (χ1) is 9.60. The number of aryl methyl sites for hydroxylation is 1. The van der Waals surface area contributed by atoms with Crippen molar-refractivity contribution in [3.8, 4) is 0 Å². The number of nitrogens with two attached hydrogens (primary N) is 1. The fourth-order valence-electron chi connectivity index (χ4n) is 1.79. The Morgan fingerprint density at radius 2 is 2.00 bits per heavy atom. The smallest absolute Gasteiger partial charge is 0.223 e. The highest BCUT2D eigenvalue weighted by Crippen LogP contribution is 2.28. The number of hydrogen-bond acceptors (Lipinski definition) is 5. The van der Waals surface area contributed by atoms with Crippen molar-refractivity contribution >= 4 is 34.9 Å². The molecule has 1 aromatic heterocycles. The van der Waals surface area contributed by atoms with Crippen LogP contribution in [0.3, 0.4) is 0 Å². The second-order valence-corrected chi connectivity index (χ2v) is 4.89. The van der Waals surface area contributed by atoms with Gasteiger partial charge in [0.15, 0.2) is 0 Å². The molecule has 0 aliphatic rings. The number of rotatable bonds is 5. The lowest BCUT2D eigenvalue weighted by molar-refractivity contribution is 0.967. The van der Waals surface area contributed by atoms with Crippen LogP contribution in [-0.4, -0.2) is 16.5 Å². The van der Waals surface area contributed by atoms with Crippen LogP contribution >= 0.6 is 11.6 Å². The third-order valence-electron chi connectivity index (χ3n) is 2.77. The van der Waals surface area contributed by atoms with Crippen LogP contribution in [0.15, 0.2) is 24.3 Å². The molecule has 0 atom stereocenters. The van der Waals surface area contributed by atoms with E-state index in [1.807, 2.05) is 31.2 Å². The first-order valence-corrected chi connectivity index (χ1v) is 6.88. The van der Waals surface area contributed by atoms with Gasteiger partial charge in [-0.1, -0.05) is 30.7 Å². The van der Waals surface area contributed by atoms with E-state index in [9.17, 15) is 0 Å². The van der Waals surface area contributed by atoms with E-state index in [-0.39, 0.29) is 5.95 Å². The van der Waals surface area contributed by atoms with E-state index in [0.717, 1.165) is 24.2 Å². The molecule has 20 heavy (non-hydrogen) atoms. The molecule has 0 saturated carbocycles. The van der Waals surface area contributed by atoms with Gasteiger partial charge in [0.1, 0.15) is 11.6 Å². The molecular weight excluding hydrogens is 274 g/mol.